The minimum Gasteiger partial charge on any atom is -0.493 e. The largest absolute Gasteiger partial charge is 0.493 e. The first-order valence-electron chi connectivity index (χ1n) is 7.34. The first-order chi connectivity index (χ1) is 10.9. The third-order valence-electron chi connectivity index (χ3n) is 3.30. The Kier molecular flexibility index (Phi) is 8.53. The van der Waals surface area contributed by atoms with Gasteiger partial charge in [0.25, 0.3) is 0 Å². The van der Waals surface area contributed by atoms with E-state index in [1.54, 1.807) is 6.07 Å². The lowest BCUT2D eigenvalue weighted by atomic mass is 9.87. The first-order valence-corrected chi connectivity index (χ1v) is 7.34. The summed E-state index contributed by atoms with van der Waals surface area (Å²) in [4.78, 5) is 12.0. The van der Waals surface area contributed by atoms with Crippen molar-refractivity contribution < 1.29 is 27.4 Å². The highest BCUT2D eigenvalue weighted by Crippen LogP contribution is 2.29. The van der Waals surface area contributed by atoms with Crippen LogP contribution in [-0.4, -0.2) is 31.8 Å². The fourth-order valence-electron chi connectivity index (χ4n) is 1.79. The van der Waals surface area contributed by atoms with Gasteiger partial charge in [-0.3, -0.25) is 4.79 Å². The summed E-state index contributed by atoms with van der Waals surface area (Å²) in [5.74, 6) is -0.165. The molecule has 1 amide bonds. The molecule has 0 aliphatic heterocycles. The van der Waals surface area contributed by atoms with E-state index in [1.165, 1.54) is 19.2 Å². The Morgan fingerprint density at radius 2 is 1.84 bits per heavy atom. The van der Waals surface area contributed by atoms with Gasteiger partial charge < -0.3 is 20.5 Å². The average Bonchev–Trinajstić information content (AvgIpc) is 2.48. The van der Waals surface area contributed by atoms with Crippen LogP contribution in [-0.2, 0) is 11.3 Å². The zero-order chi connectivity index (χ0) is 18.5. The minimum absolute atomic E-state index is 0. The molecule has 25 heavy (non-hydrogen) atoms. The zero-order valence-corrected chi connectivity index (χ0v) is 15.4. The van der Waals surface area contributed by atoms with E-state index in [0.29, 0.717) is 5.56 Å². The van der Waals surface area contributed by atoms with Gasteiger partial charge in [0.15, 0.2) is 18.1 Å². The SMILES string of the molecule is COc1cc(CNC(=O)[C@@H](N)C(C)(C)C)ccc1OCC(F)(F)F.Cl. The van der Waals surface area contributed by atoms with Crippen LogP contribution in [0.3, 0.4) is 0 Å². The Morgan fingerprint density at radius 3 is 2.32 bits per heavy atom. The number of hydrogen-bond donors (Lipinski definition) is 2. The van der Waals surface area contributed by atoms with Crippen molar-refractivity contribution in [2.24, 2.45) is 11.1 Å². The summed E-state index contributed by atoms with van der Waals surface area (Å²) in [6.07, 6.45) is -4.43. The van der Waals surface area contributed by atoms with Crippen LogP contribution in [0, 0.1) is 5.41 Å². The van der Waals surface area contributed by atoms with Crippen LogP contribution in [0.15, 0.2) is 18.2 Å². The Bertz CT molecular complexity index is 575. The first kappa shape index (κ1) is 23.3. The maximum Gasteiger partial charge on any atom is 0.422 e. The smallest absolute Gasteiger partial charge is 0.422 e. The number of methoxy groups -OCH3 is 1. The van der Waals surface area contributed by atoms with Crippen molar-refractivity contribution in [1.82, 2.24) is 5.32 Å². The number of carbonyl (C=O) groups is 1. The van der Waals surface area contributed by atoms with Crippen molar-refractivity contribution in [2.45, 2.75) is 39.5 Å². The van der Waals surface area contributed by atoms with E-state index < -0.39 is 18.8 Å². The Hall–Kier alpha value is -1.67. The average molecular weight is 385 g/mol. The highest BCUT2D eigenvalue weighted by molar-refractivity contribution is 5.85. The summed E-state index contributed by atoms with van der Waals surface area (Å²) in [6.45, 7) is 4.34. The molecule has 0 aromatic heterocycles. The van der Waals surface area contributed by atoms with Gasteiger partial charge >= 0.3 is 6.18 Å². The minimum atomic E-state index is -4.43. The normalized spacial score (nSPS) is 12.8. The highest BCUT2D eigenvalue weighted by Gasteiger charge is 2.29. The second-order valence-electron chi connectivity index (χ2n) is 6.45. The number of carbonyl (C=O) groups excluding carboxylic acids is 1. The van der Waals surface area contributed by atoms with Gasteiger partial charge in [-0.15, -0.1) is 12.4 Å². The van der Waals surface area contributed by atoms with Gasteiger partial charge in [0.05, 0.1) is 13.2 Å². The van der Waals surface area contributed by atoms with Gasteiger partial charge in [0.2, 0.25) is 5.91 Å². The van der Waals surface area contributed by atoms with Crippen LogP contribution < -0.4 is 20.5 Å². The van der Waals surface area contributed by atoms with Crippen molar-refractivity contribution >= 4 is 18.3 Å². The Labute approximate surface area is 151 Å². The van der Waals surface area contributed by atoms with Crippen molar-refractivity contribution in [2.75, 3.05) is 13.7 Å². The number of alkyl halides is 3. The number of halogens is 4. The molecule has 0 bridgehead atoms. The summed E-state index contributed by atoms with van der Waals surface area (Å²) in [5, 5.41) is 2.69. The number of nitrogens with two attached hydrogens (primary N) is 1. The topological polar surface area (TPSA) is 73.6 Å². The lowest BCUT2D eigenvalue weighted by Gasteiger charge is -2.25. The summed E-state index contributed by atoms with van der Waals surface area (Å²) in [7, 11) is 1.33. The fourth-order valence-corrected chi connectivity index (χ4v) is 1.79. The molecule has 0 heterocycles. The van der Waals surface area contributed by atoms with E-state index in [9.17, 15) is 18.0 Å². The molecule has 144 valence electrons. The lowest BCUT2D eigenvalue weighted by Crippen LogP contribution is -2.48. The van der Waals surface area contributed by atoms with Crippen molar-refractivity contribution in [3.8, 4) is 11.5 Å². The molecule has 1 aromatic carbocycles. The van der Waals surface area contributed by atoms with Gasteiger partial charge in [0.1, 0.15) is 0 Å². The van der Waals surface area contributed by atoms with E-state index >= 15 is 0 Å². The molecule has 0 aliphatic carbocycles. The molecule has 0 fully saturated rings. The number of nitrogens with one attached hydrogen (secondary N) is 1. The number of ether oxygens (including phenoxy) is 2. The third-order valence-corrected chi connectivity index (χ3v) is 3.30. The molecule has 0 radical (unpaired) electrons. The standard InChI is InChI=1S/C16H23F3N2O3.ClH/c1-15(2,3)13(20)14(22)21-8-10-5-6-11(12(7-10)23-4)24-9-16(17,18)19;/h5-7,13H,8-9,20H2,1-4H3,(H,21,22);1H/t13-;/m1./s1. The molecular formula is C16H24ClF3N2O3. The molecule has 0 saturated heterocycles. The van der Waals surface area contributed by atoms with Crippen LogP contribution in [0.2, 0.25) is 0 Å². The molecular weight excluding hydrogens is 361 g/mol. The number of hydrogen-bond acceptors (Lipinski definition) is 4. The van der Waals surface area contributed by atoms with Crippen LogP contribution in [0.5, 0.6) is 11.5 Å². The Morgan fingerprint density at radius 1 is 1.24 bits per heavy atom. The monoisotopic (exact) mass is 384 g/mol. The van der Waals surface area contributed by atoms with Gasteiger partial charge in [-0.05, 0) is 23.1 Å². The maximum absolute atomic E-state index is 12.2. The molecule has 1 rings (SSSR count). The van der Waals surface area contributed by atoms with Gasteiger partial charge in [-0.1, -0.05) is 26.8 Å². The fraction of sp³-hybridized carbons (Fsp3) is 0.562. The van der Waals surface area contributed by atoms with E-state index in [4.69, 9.17) is 15.2 Å². The van der Waals surface area contributed by atoms with E-state index in [1.807, 2.05) is 20.8 Å². The van der Waals surface area contributed by atoms with Crippen molar-refractivity contribution in [3.63, 3.8) is 0 Å². The zero-order valence-electron chi connectivity index (χ0n) is 14.6. The molecule has 5 nitrogen and oxygen atoms in total. The van der Waals surface area contributed by atoms with Gasteiger partial charge in [0, 0.05) is 6.54 Å². The van der Waals surface area contributed by atoms with E-state index in [2.05, 4.69) is 5.32 Å². The van der Waals surface area contributed by atoms with Crippen LogP contribution in [0.1, 0.15) is 26.3 Å². The van der Waals surface area contributed by atoms with Crippen molar-refractivity contribution in [3.05, 3.63) is 23.8 Å². The van der Waals surface area contributed by atoms with Crippen LogP contribution >= 0.6 is 12.4 Å². The summed E-state index contributed by atoms with van der Waals surface area (Å²) < 4.78 is 46.4. The van der Waals surface area contributed by atoms with Crippen LogP contribution in [0.25, 0.3) is 0 Å². The lowest BCUT2D eigenvalue weighted by molar-refractivity contribution is -0.153. The summed E-state index contributed by atoms with van der Waals surface area (Å²) in [5.41, 5.74) is 6.13. The van der Waals surface area contributed by atoms with E-state index in [-0.39, 0.29) is 41.8 Å². The predicted octanol–water partition coefficient (Wildman–Crippen LogP) is 3.05. The summed E-state index contributed by atoms with van der Waals surface area (Å²) in [6, 6.07) is 3.76. The molecule has 9 heteroatoms. The molecule has 0 unspecified atom stereocenters. The number of rotatable bonds is 6. The molecule has 3 N–H and O–H groups in total. The van der Waals surface area contributed by atoms with E-state index in [0.717, 1.165) is 0 Å². The number of amides is 1. The maximum atomic E-state index is 12.2. The van der Waals surface area contributed by atoms with Crippen molar-refractivity contribution in [1.29, 1.82) is 0 Å². The highest BCUT2D eigenvalue weighted by atomic mass is 35.5. The van der Waals surface area contributed by atoms with Gasteiger partial charge in [-0.2, -0.15) is 13.2 Å². The van der Waals surface area contributed by atoms with Gasteiger partial charge in [-0.25, -0.2) is 0 Å². The Balaban J connectivity index is 0.00000576. The molecule has 1 atom stereocenters. The second-order valence-corrected chi connectivity index (χ2v) is 6.45. The third kappa shape index (κ3) is 7.83. The molecule has 0 saturated carbocycles. The second kappa shape index (κ2) is 9.15. The predicted molar refractivity (Wildman–Crippen MR) is 91.1 cm³/mol. The quantitative estimate of drug-likeness (QED) is 0.790. The molecule has 1 aromatic rings. The van der Waals surface area contributed by atoms with Crippen LogP contribution in [0.4, 0.5) is 13.2 Å². The molecule has 0 aliphatic rings. The summed E-state index contributed by atoms with van der Waals surface area (Å²) >= 11 is 0. The number of benzene rings is 1. The molecule has 0 spiro atoms.